The van der Waals surface area contributed by atoms with E-state index >= 15 is 0 Å². The number of alkyl carbamates (subject to hydrolysis) is 1. The van der Waals surface area contributed by atoms with E-state index in [9.17, 15) is 14.4 Å². The molecule has 32 heavy (non-hydrogen) atoms. The molecular formula is C24H26N2O6. The zero-order valence-corrected chi connectivity index (χ0v) is 17.6. The Hall–Kier alpha value is -3.39. The third-order valence-electron chi connectivity index (χ3n) is 5.88. The summed E-state index contributed by atoms with van der Waals surface area (Å²) in [7, 11) is 0. The van der Waals surface area contributed by atoms with E-state index in [4.69, 9.17) is 14.6 Å². The van der Waals surface area contributed by atoms with Gasteiger partial charge in [0.25, 0.3) is 0 Å². The molecule has 0 bridgehead atoms. The maximum Gasteiger partial charge on any atom is 0.407 e. The lowest BCUT2D eigenvalue weighted by molar-refractivity contribution is -0.142. The first-order chi connectivity index (χ1) is 15.5. The molecule has 0 saturated heterocycles. The minimum Gasteiger partial charge on any atom is -0.480 e. The number of amides is 2. The Labute approximate surface area is 185 Å². The monoisotopic (exact) mass is 438 g/mol. The van der Waals surface area contributed by atoms with Crippen LogP contribution in [0.25, 0.3) is 11.1 Å². The fraction of sp³-hybridized carbons (Fsp3) is 0.375. The molecule has 0 aromatic heterocycles. The van der Waals surface area contributed by atoms with E-state index in [1.165, 1.54) is 11.1 Å². The van der Waals surface area contributed by atoms with E-state index in [-0.39, 0.29) is 50.0 Å². The number of rotatable bonds is 10. The first-order valence-electron chi connectivity index (χ1n) is 10.7. The van der Waals surface area contributed by atoms with Crippen molar-refractivity contribution < 1.29 is 29.0 Å². The zero-order chi connectivity index (χ0) is 22.5. The molecule has 0 aliphatic heterocycles. The van der Waals surface area contributed by atoms with Crippen molar-refractivity contribution in [3.8, 4) is 11.1 Å². The molecule has 0 heterocycles. The summed E-state index contributed by atoms with van der Waals surface area (Å²) in [5.41, 5.74) is 4.68. The van der Waals surface area contributed by atoms with Gasteiger partial charge in [-0.05, 0) is 34.6 Å². The van der Waals surface area contributed by atoms with Gasteiger partial charge in [0.05, 0.1) is 6.61 Å². The summed E-state index contributed by atoms with van der Waals surface area (Å²) < 4.78 is 10.4. The quantitative estimate of drug-likeness (QED) is 0.491. The van der Waals surface area contributed by atoms with Crippen LogP contribution in [-0.4, -0.2) is 56.0 Å². The van der Waals surface area contributed by atoms with Gasteiger partial charge in [-0.2, -0.15) is 0 Å². The van der Waals surface area contributed by atoms with Gasteiger partial charge in [-0.1, -0.05) is 48.5 Å². The number of benzene rings is 2. The van der Waals surface area contributed by atoms with Crippen LogP contribution in [0, 0.1) is 11.8 Å². The molecule has 2 amide bonds. The molecule has 168 valence electrons. The average Bonchev–Trinajstić information content (AvgIpc) is 3.51. The average molecular weight is 438 g/mol. The Morgan fingerprint density at radius 1 is 0.969 bits per heavy atom. The van der Waals surface area contributed by atoms with Gasteiger partial charge in [0, 0.05) is 24.9 Å². The smallest absolute Gasteiger partial charge is 0.407 e. The van der Waals surface area contributed by atoms with Crippen molar-refractivity contribution >= 4 is 18.0 Å². The first kappa shape index (κ1) is 21.8. The van der Waals surface area contributed by atoms with E-state index in [0.29, 0.717) is 13.0 Å². The van der Waals surface area contributed by atoms with Crippen molar-refractivity contribution in [3.05, 3.63) is 59.7 Å². The van der Waals surface area contributed by atoms with Gasteiger partial charge in [0.1, 0.15) is 13.2 Å². The Morgan fingerprint density at radius 3 is 2.28 bits per heavy atom. The van der Waals surface area contributed by atoms with Crippen LogP contribution < -0.4 is 10.6 Å². The minimum absolute atomic E-state index is 0.0101. The molecule has 2 aromatic carbocycles. The summed E-state index contributed by atoms with van der Waals surface area (Å²) >= 11 is 0. The molecule has 2 aromatic rings. The summed E-state index contributed by atoms with van der Waals surface area (Å²) in [5, 5.41) is 14.0. The van der Waals surface area contributed by atoms with Gasteiger partial charge in [-0.25, -0.2) is 9.59 Å². The molecule has 8 nitrogen and oxygen atoms in total. The first-order valence-corrected chi connectivity index (χ1v) is 10.7. The highest BCUT2D eigenvalue weighted by Crippen LogP contribution is 2.44. The summed E-state index contributed by atoms with van der Waals surface area (Å²) in [4.78, 5) is 34.7. The highest BCUT2D eigenvalue weighted by Gasteiger charge is 2.42. The van der Waals surface area contributed by atoms with Crippen molar-refractivity contribution in [2.45, 2.75) is 12.3 Å². The van der Waals surface area contributed by atoms with Crippen molar-refractivity contribution in [3.63, 3.8) is 0 Å². The van der Waals surface area contributed by atoms with Crippen LogP contribution in [-0.2, 0) is 19.1 Å². The summed E-state index contributed by atoms with van der Waals surface area (Å²) in [6, 6.07) is 16.3. The van der Waals surface area contributed by atoms with E-state index in [1.54, 1.807) is 0 Å². The highest BCUT2D eigenvalue weighted by atomic mass is 16.5. The second-order valence-electron chi connectivity index (χ2n) is 8.05. The van der Waals surface area contributed by atoms with E-state index in [0.717, 1.165) is 11.1 Å². The predicted octanol–water partition coefficient (Wildman–Crippen LogP) is 2.38. The zero-order valence-electron chi connectivity index (χ0n) is 17.6. The number of nitrogens with one attached hydrogen (secondary N) is 2. The Kier molecular flexibility index (Phi) is 6.70. The van der Waals surface area contributed by atoms with Crippen LogP contribution in [0.1, 0.15) is 23.5 Å². The predicted molar refractivity (Wildman–Crippen MR) is 116 cm³/mol. The van der Waals surface area contributed by atoms with Crippen LogP contribution in [0.3, 0.4) is 0 Å². The lowest BCUT2D eigenvalue weighted by Crippen LogP contribution is -2.32. The second-order valence-corrected chi connectivity index (χ2v) is 8.05. The number of carbonyl (C=O) groups is 3. The SMILES string of the molecule is O=C(O)COCCNC(=O)[C@@H]1C[C@@H]1CNC(=O)OCC1c2ccccc2-c2ccccc21. The number of fused-ring (bicyclic) bond motifs is 3. The van der Waals surface area contributed by atoms with Crippen LogP contribution in [0.4, 0.5) is 4.79 Å². The minimum atomic E-state index is -1.04. The lowest BCUT2D eigenvalue weighted by atomic mass is 9.98. The third kappa shape index (κ3) is 5.08. The normalized spacial score (nSPS) is 18.4. The Bertz CT molecular complexity index is 962. The number of ether oxygens (including phenoxy) is 2. The number of carboxylic acids is 1. The molecule has 2 aliphatic carbocycles. The lowest BCUT2D eigenvalue weighted by Gasteiger charge is -2.14. The summed E-state index contributed by atoms with van der Waals surface area (Å²) in [6.07, 6.45) is 0.214. The molecule has 1 saturated carbocycles. The van der Waals surface area contributed by atoms with Crippen molar-refractivity contribution in [1.29, 1.82) is 0 Å². The molecule has 2 atom stereocenters. The fourth-order valence-electron chi connectivity index (χ4n) is 4.20. The Balaban J connectivity index is 1.18. The van der Waals surface area contributed by atoms with E-state index < -0.39 is 12.1 Å². The van der Waals surface area contributed by atoms with Crippen LogP contribution in [0.5, 0.6) is 0 Å². The van der Waals surface area contributed by atoms with Crippen LogP contribution in [0.2, 0.25) is 0 Å². The van der Waals surface area contributed by atoms with Crippen molar-refractivity contribution in [2.24, 2.45) is 11.8 Å². The van der Waals surface area contributed by atoms with Crippen LogP contribution >= 0.6 is 0 Å². The molecule has 2 aliphatic rings. The molecule has 0 unspecified atom stereocenters. The second kappa shape index (κ2) is 9.82. The van der Waals surface area contributed by atoms with Gasteiger partial charge in [0.2, 0.25) is 5.91 Å². The van der Waals surface area contributed by atoms with Crippen molar-refractivity contribution in [2.75, 3.05) is 32.9 Å². The fourth-order valence-corrected chi connectivity index (χ4v) is 4.20. The van der Waals surface area contributed by atoms with Crippen LogP contribution in [0.15, 0.2) is 48.5 Å². The van der Waals surface area contributed by atoms with Gasteiger partial charge in [-0.15, -0.1) is 0 Å². The third-order valence-corrected chi connectivity index (χ3v) is 5.88. The molecular weight excluding hydrogens is 412 g/mol. The van der Waals surface area contributed by atoms with E-state index in [2.05, 4.69) is 34.9 Å². The molecule has 4 rings (SSSR count). The summed E-state index contributed by atoms with van der Waals surface area (Å²) in [6.45, 7) is 0.656. The van der Waals surface area contributed by atoms with Gasteiger partial charge >= 0.3 is 12.1 Å². The molecule has 3 N–H and O–H groups in total. The summed E-state index contributed by atoms with van der Waals surface area (Å²) in [5.74, 6) is -1.21. The standard InChI is InChI=1S/C24H26N2O6/c27-22(28)14-31-10-9-25-23(29)20-11-15(20)12-26-24(30)32-13-21-18-7-3-1-5-16(18)17-6-2-4-8-19(17)21/h1-8,15,20-21H,9-14H2,(H,25,29)(H,26,30)(H,27,28)/t15-,20-/m1/s1. The van der Waals surface area contributed by atoms with Gasteiger partial charge in [-0.3, -0.25) is 4.79 Å². The van der Waals surface area contributed by atoms with Crippen molar-refractivity contribution in [1.82, 2.24) is 10.6 Å². The number of hydrogen-bond acceptors (Lipinski definition) is 5. The Morgan fingerprint density at radius 2 is 1.62 bits per heavy atom. The maximum atomic E-state index is 12.2. The molecule has 1 fully saturated rings. The largest absolute Gasteiger partial charge is 0.480 e. The van der Waals surface area contributed by atoms with Gasteiger partial charge in [0.15, 0.2) is 0 Å². The van der Waals surface area contributed by atoms with E-state index in [1.807, 2.05) is 24.3 Å². The highest BCUT2D eigenvalue weighted by molar-refractivity contribution is 5.82. The molecule has 8 heteroatoms. The topological polar surface area (TPSA) is 114 Å². The number of carboxylic acid groups (broad SMARTS) is 1. The number of hydrogen-bond donors (Lipinski definition) is 3. The maximum absolute atomic E-state index is 12.2. The molecule has 0 spiro atoms. The number of aliphatic carboxylic acids is 1. The van der Waals surface area contributed by atoms with Gasteiger partial charge < -0.3 is 25.2 Å². The number of carbonyl (C=O) groups excluding carboxylic acids is 2. The molecule has 0 radical (unpaired) electrons.